The van der Waals surface area contributed by atoms with Crippen molar-refractivity contribution in [3.63, 3.8) is 0 Å². The summed E-state index contributed by atoms with van der Waals surface area (Å²) in [4.78, 5) is 14.8. The van der Waals surface area contributed by atoms with E-state index in [1.54, 1.807) is 0 Å². The Hall–Kier alpha value is -1.39. The van der Waals surface area contributed by atoms with Gasteiger partial charge in [0.15, 0.2) is 0 Å². The number of likely N-dealkylation sites (tertiary alicyclic amines) is 1. The van der Waals surface area contributed by atoms with Crippen molar-refractivity contribution in [2.45, 2.75) is 44.3 Å². The SMILES string of the molecule is CC1(C(=O)NC2CCN(Cc3ccccc3)C2)CCCN1. The zero-order valence-corrected chi connectivity index (χ0v) is 12.8. The number of benzene rings is 1. The minimum atomic E-state index is -0.354. The normalized spacial score (nSPS) is 29.7. The second kappa shape index (κ2) is 6.16. The molecule has 2 N–H and O–H groups in total. The molecule has 0 aromatic heterocycles. The van der Waals surface area contributed by atoms with Crippen molar-refractivity contribution in [3.8, 4) is 0 Å². The van der Waals surface area contributed by atoms with E-state index in [0.29, 0.717) is 6.04 Å². The molecule has 2 atom stereocenters. The van der Waals surface area contributed by atoms with Gasteiger partial charge in [0.1, 0.15) is 0 Å². The number of amides is 1. The van der Waals surface area contributed by atoms with Crippen LogP contribution in [0, 0.1) is 0 Å². The molecular formula is C17H25N3O. The molecule has 1 amide bonds. The predicted octanol–water partition coefficient (Wildman–Crippen LogP) is 1.52. The molecule has 0 radical (unpaired) electrons. The van der Waals surface area contributed by atoms with Crippen LogP contribution >= 0.6 is 0 Å². The molecule has 2 aliphatic heterocycles. The molecule has 4 heteroatoms. The topological polar surface area (TPSA) is 44.4 Å². The maximum atomic E-state index is 12.4. The largest absolute Gasteiger partial charge is 0.350 e. The first kappa shape index (κ1) is 14.5. The molecule has 2 aliphatic rings. The molecule has 114 valence electrons. The second-order valence-corrected chi connectivity index (χ2v) is 6.54. The average molecular weight is 287 g/mol. The van der Waals surface area contributed by atoms with Gasteiger partial charge >= 0.3 is 0 Å². The fraction of sp³-hybridized carbons (Fsp3) is 0.588. The highest BCUT2D eigenvalue weighted by atomic mass is 16.2. The van der Waals surface area contributed by atoms with E-state index in [4.69, 9.17) is 0 Å². The van der Waals surface area contributed by atoms with Crippen LogP contribution in [0.5, 0.6) is 0 Å². The quantitative estimate of drug-likeness (QED) is 0.882. The summed E-state index contributed by atoms with van der Waals surface area (Å²) in [7, 11) is 0. The van der Waals surface area contributed by atoms with Gasteiger partial charge in [0.2, 0.25) is 5.91 Å². The lowest BCUT2D eigenvalue weighted by Crippen LogP contribution is -2.54. The molecule has 4 nitrogen and oxygen atoms in total. The summed E-state index contributed by atoms with van der Waals surface area (Å²) in [6, 6.07) is 10.8. The van der Waals surface area contributed by atoms with Gasteiger partial charge in [-0.1, -0.05) is 30.3 Å². The fourth-order valence-corrected chi connectivity index (χ4v) is 3.37. The molecule has 0 saturated carbocycles. The monoisotopic (exact) mass is 287 g/mol. The third-order valence-electron chi connectivity index (χ3n) is 4.73. The van der Waals surface area contributed by atoms with Crippen LogP contribution in [0.25, 0.3) is 0 Å². The van der Waals surface area contributed by atoms with Crippen molar-refractivity contribution in [2.75, 3.05) is 19.6 Å². The fourth-order valence-electron chi connectivity index (χ4n) is 3.37. The Labute approximate surface area is 126 Å². The maximum absolute atomic E-state index is 12.4. The summed E-state index contributed by atoms with van der Waals surface area (Å²) in [5.41, 5.74) is 0.987. The van der Waals surface area contributed by atoms with E-state index in [9.17, 15) is 4.79 Å². The molecule has 1 aromatic carbocycles. The number of carbonyl (C=O) groups is 1. The van der Waals surface area contributed by atoms with Gasteiger partial charge in [-0.3, -0.25) is 9.69 Å². The van der Waals surface area contributed by atoms with Crippen molar-refractivity contribution >= 4 is 5.91 Å². The third kappa shape index (κ3) is 3.44. The lowest BCUT2D eigenvalue weighted by Gasteiger charge is -2.25. The summed E-state index contributed by atoms with van der Waals surface area (Å²) < 4.78 is 0. The minimum Gasteiger partial charge on any atom is -0.350 e. The second-order valence-electron chi connectivity index (χ2n) is 6.54. The minimum absolute atomic E-state index is 0.173. The van der Waals surface area contributed by atoms with E-state index in [2.05, 4.69) is 39.8 Å². The Morgan fingerprint density at radius 2 is 2.24 bits per heavy atom. The summed E-state index contributed by atoms with van der Waals surface area (Å²) in [6.45, 7) is 5.96. The van der Waals surface area contributed by atoms with Gasteiger partial charge in [-0.2, -0.15) is 0 Å². The van der Waals surface area contributed by atoms with Crippen molar-refractivity contribution in [1.82, 2.24) is 15.5 Å². The average Bonchev–Trinajstić information content (AvgIpc) is 3.10. The zero-order valence-electron chi connectivity index (χ0n) is 12.8. The Balaban J connectivity index is 1.49. The van der Waals surface area contributed by atoms with Crippen LogP contribution in [0.4, 0.5) is 0 Å². The molecule has 3 rings (SSSR count). The number of hydrogen-bond donors (Lipinski definition) is 2. The van der Waals surface area contributed by atoms with E-state index in [1.807, 2.05) is 13.0 Å². The molecule has 21 heavy (non-hydrogen) atoms. The van der Waals surface area contributed by atoms with Gasteiger partial charge in [-0.05, 0) is 38.3 Å². The third-order valence-corrected chi connectivity index (χ3v) is 4.73. The zero-order chi connectivity index (χ0) is 14.7. The number of nitrogens with zero attached hydrogens (tertiary/aromatic N) is 1. The number of nitrogens with one attached hydrogen (secondary N) is 2. The Morgan fingerprint density at radius 1 is 1.43 bits per heavy atom. The first-order valence-corrected chi connectivity index (χ1v) is 7.98. The van der Waals surface area contributed by atoms with Crippen molar-refractivity contribution in [2.24, 2.45) is 0 Å². The van der Waals surface area contributed by atoms with E-state index in [0.717, 1.165) is 45.4 Å². The lowest BCUT2D eigenvalue weighted by molar-refractivity contribution is -0.127. The van der Waals surface area contributed by atoms with Crippen LogP contribution in [0.1, 0.15) is 31.7 Å². The summed E-state index contributed by atoms with van der Waals surface area (Å²) >= 11 is 0. The van der Waals surface area contributed by atoms with Gasteiger partial charge in [0, 0.05) is 25.7 Å². The van der Waals surface area contributed by atoms with Crippen LogP contribution in [-0.2, 0) is 11.3 Å². The van der Waals surface area contributed by atoms with Crippen LogP contribution in [0.2, 0.25) is 0 Å². The molecule has 2 unspecified atom stereocenters. The summed E-state index contributed by atoms with van der Waals surface area (Å²) in [5.74, 6) is 0.173. The first-order chi connectivity index (χ1) is 10.2. The molecule has 2 fully saturated rings. The van der Waals surface area contributed by atoms with Gasteiger partial charge < -0.3 is 10.6 Å². The van der Waals surface area contributed by atoms with E-state index in [1.165, 1.54) is 5.56 Å². The van der Waals surface area contributed by atoms with Crippen molar-refractivity contribution < 1.29 is 4.79 Å². The Bertz CT molecular complexity index is 482. The van der Waals surface area contributed by atoms with E-state index in [-0.39, 0.29) is 11.4 Å². The summed E-state index contributed by atoms with van der Waals surface area (Å²) in [6.07, 6.45) is 3.09. The maximum Gasteiger partial charge on any atom is 0.240 e. The van der Waals surface area contributed by atoms with E-state index < -0.39 is 0 Å². The van der Waals surface area contributed by atoms with E-state index >= 15 is 0 Å². The molecular weight excluding hydrogens is 262 g/mol. The Kier molecular flexibility index (Phi) is 4.27. The molecule has 2 saturated heterocycles. The van der Waals surface area contributed by atoms with Gasteiger partial charge in [-0.15, -0.1) is 0 Å². The number of rotatable bonds is 4. The highest BCUT2D eigenvalue weighted by Gasteiger charge is 2.37. The molecule has 0 spiro atoms. The number of hydrogen-bond acceptors (Lipinski definition) is 3. The first-order valence-electron chi connectivity index (χ1n) is 7.98. The highest BCUT2D eigenvalue weighted by molar-refractivity contribution is 5.86. The van der Waals surface area contributed by atoms with Crippen LogP contribution in [0.15, 0.2) is 30.3 Å². The molecule has 0 bridgehead atoms. The number of carbonyl (C=O) groups excluding carboxylic acids is 1. The van der Waals surface area contributed by atoms with Crippen molar-refractivity contribution in [3.05, 3.63) is 35.9 Å². The lowest BCUT2D eigenvalue weighted by atomic mass is 9.99. The molecule has 2 heterocycles. The summed E-state index contributed by atoms with van der Waals surface area (Å²) in [5, 5.41) is 6.57. The molecule has 1 aromatic rings. The highest BCUT2D eigenvalue weighted by Crippen LogP contribution is 2.20. The van der Waals surface area contributed by atoms with Crippen molar-refractivity contribution in [1.29, 1.82) is 0 Å². The van der Waals surface area contributed by atoms with Crippen LogP contribution in [-0.4, -0.2) is 42.0 Å². The van der Waals surface area contributed by atoms with Gasteiger partial charge in [0.25, 0.3) is 0 Å². The van der Waals surface area contributed by atoms with Gasteiger partial charge in [-0.25, -0.2) is 0 Å². The Morgan fingerprint density at radius 3 is 2.95 bits per heavy atom. The van der Waals surface area contributed by atoms with Gasteiger partial charge in [0.05, 0.1) is 5.54 Å². The van der Waals surface area contributed by atoms with Crippen LogP contribution in [0.3, 0.4) is 0 Å². The smallest absolute Gasteiger partial charge is 0.240 e. The standard InChI is InChI=1S/C17H25N3O/c1-17(9-5-10-18-17)16(21)19-15-8-11-20(13-15)12-14-6-3-2-4-7-14/h2-4,6-7,15,18H,5,8-13H2,1H3,(H,19,21). The van der Waals surface area contributed by atoms with Crippen LogP contribution < -0.4 is 10.6 Å². The predicted molar refractivity (Wildman–Crippen MR) is 83.9 cm³/mol. The molecule has 0 aliphatic carbocycles.